The van der Waals surface area contributed by atoms with Crippen LogP contribution in [0, 0.1) is 0 Å². The second kappa shape index (κ2) is 12.0. The van der Waals surface area contributed by atoms with Crippen molar-refractivity contribution in [2.45, 2.75) is 122 Å². The Balaban J connectivity index is 0.964. The van der Waals surface area contributed by atoms with E-state index in [-0.39, 0.29) is 29.2 Å². The predicted molar refractivity (Wildman–Crippen MR) is 231 cm³/mol. The highest BCUT2D eigenvalue weighted by atomic mass is 16.7. The molecule has 0 amide bonds. The van der Waals surface area contributed by atoms with Crippen molar-refractivity contribution < 1.29 is 18.6 Å². The monoisotopic (exact) mass is 728 g/mol. The molecule has 6 aromatic rings. The maximum Gasteiger partial charge on any atom is 0.494 e. The van der Waals surface area contributed by atoms with Crippen molar-refractivity contribution in [2.24, 2.45) is 0 Å². The van der Waals surface area contributed by atoms with Gasteiger partial charge in [0.1, 0.15) is 0 Å². The van der Waals surface area contributed by atoms with Crippen LogP contribution >= 0.6 is 0 Å². The molecule has 1 aliphatic carbocycles. The van der Waals surface area contributed by atoms with Gasteiger partial charge in [-0.25, -0.2) is 0 Å². The summed E-state index contributed by atoms with van der Waals surface area (Å²) in [7, 11) is -0.822. The smallest absolute Gasteiger partial charge is 0.399 e. The van der Waals surface area contributed by atoms with Gasteiger partial charge in [-0.2, -0.15) is 0 Å². The van der Waals surface area contributed by atoms with E-state index in [1.54, 1.807) is 0 Å². The minimum atomic E-state index is -0.482. The standard InChI is InChI=1S/C49H54B2O4/c1-44(2,31-20-23-39-40-25-22-33(30-43(40)45(3,4)42(39)28-31)50-52-46(5,6)47(7,8)53-50)26-27-49(11)48(9,10)54-51(55-49)32-21-24-38-36-18-13-12-16-34(36)35-17-14-15-19-37(35)41(38)29-32/h12-25,28-30H,26-27H2,1-11H3. The van der Waals surface area contributed by atoms with Crippen LogP contribution < -0.4 is 10.9 Å². The van der Waals surface area contributed by atoms with Gasteiger partial charge in [0.2, 0.25) is 0 Å². The lowest BCUT2D eigenvalue weighted by Gasteiger charge is -2.39. The first-order valence-corrected chi connectivity index (χ1v) is 20.2. The largest absolute Gasteiger partial charge is 0.494 e. The van der Waals surface area contributed by atoms with E-state index in [0.29, 0.717) is 0 Å². The molecule has 4 nitrogen and oxygen atoms in total. The molecule has 55 heavy (non-hydrogen) atoms. The summed E-state index contributed by atoms with van der Waals surface area (Å²) in [6, 6.07) is 38.1. The summed E-state index contributed by atoms with van der Waals surface area (Å²) in [6.45, 7) is 24.5. The first kappa shape index (κ1) is 36.7. The summed E-state index contributed by atoms with van der Waals surface area (Å²) in [5, 5.41) is 7.57. The number of benzene rings is 6. The summed E-state index contributed by atoms with van der Waals surface area (Å²) in [6.07, 6.45) is 1.82. The molecule has 1 unspecified atom stereocenters. The van der Waals surface area contributed by atoms with Gasteiger partial charge < -0.3 is 18.6 Å². The Morgan fingerprint density at radius 3 is 1.53 bits per heavy atom. The highest BCUT2D eigenvalue weighted by Crippen LogP contribution is 2.51. The summed E-state index contributed by atoms with van der Waals surface area (Å²) in [4.78, 5) is 0. The van der Waals surface area contributed by atoms with Crippen LogP contribution in [0.2, 0.25) is 0 Å². The lowest BCUT2D eigenvalue weighted by Crippen LogP contribution is -2.45. The summed E-state index contributed by atoms with van der Waals surface area (Å²) in [5.74, 6) is 0. The molecule has 2 heterocycles. The molecule has 3 aliphatic rings. The first-order chi connectivity index (χ1) is 25.8. The minimum absolute atomic E-state index is 0.0861. The van der Waals surface area contributed by atoms with Crippen molar-refractivity contribution in [1.82, 2.24) is 0 Å². The second-order valence-electron chi connectivity index (χ2n) is 19.4. The molecule has 2 saturated heterocycles. The molecule has 0 N–H and O–H groups in total. The summed E-state index contributed by atoms with van der Waals surface area (Å²) < 4.78 is 26.7. The predicted octanol–water partition coefficient (Wildman–Crippen LogP) is 10.8. The van der Waals surface area contributed by atoms with Gasteiger partial charge in [-0.1, -0.05) is 131 Å². The Labute approximate surface area is 328 Å². The van der Waals surface area contributed by atoms with Gasteiger partial charge >= 0.3 is 14.2 Å². The average Bonchev–Trinajstić information content (AvgIpc) is 3.64. The van der Waals surface area contributed by atoms with Crippen molar-refractivity contribution in [3.63, 3.8) is 0 Å². The van der Waals surface area contributed by atoms with Crippen molar-refractivity contribution in [3.8, 4) is 11.1 Å². The zero-order valence-electron chi connectivity index (χ0n) is 34.5. The quantitative estimate of drug-likeness (QED) is 0.126. The summed E-state index contributed by atoms with van der Waals surface area (Å²) in [5.41, 5.74) is 6.87. The Hall–Kier alpha value is -3.93. The van der Waals surface area contributed by atoms with Crippen molar-refractivity contribution in [3.05, 3.63) is 120 Å². The van der Waals surface area contributed by atoms with Gasteiger partial charge in [0.15, 0.2) is 0 Å². The maximum absolute atomic E-state index is 7.02. The Morgan fingerprint density at radius 1 is 0.473 bits per heavy atom. The Morgan fingerprint density at radius 2 is 0.927 bits per heavy atom. The van der Waals surface area contributed by atoms with Crippen molar-refractivity contribution in [1.29, 1.82) is 0 Å². The van der Waals surface area contributed by atoms with E-state index in [1.165, 1.54) is 60.1 Å². The van der Waals surface area contributed by atoms with Gasteiger partial charge in [-0.3, -0.25) is 0 Å². The summed E-state index contributed by atoms with van der Waals surface area (Å²) >= 11 is 0. The third-order valence-corrected chi connectivity index (χ3v) is 14.3. The average molecular weight is 729 g/mol. The lowest BCUT2D eigenvalue weighted by atomic mass is 9.72. The van der Waals surface area contributed by atoms with Crippen LogP contribution in [-0.4, -0.2) is 36.6 Å². The number of fused-ring (bicyclic) bond motifs is 9. The molecule has 2 fully saturated rings. The lowest BCUT2D eigenvalue weighted by molar-refractivity contribution is -0.0201. The highest BCUT2D eigenvalue weighted by Gasteiger charge is 2.55. The normalized spacial score (nSPS) is 22.2. The van der Waals surface area contributed by atoms with E-state index in [9.17, 15) is 0 Å². The third-order valence-electron chi connectivity index (χ3n) is 14.3. The molecular weight excluding hydrogens is 674 g/mol. The first-order valence-electron chi connectivity index (χ1n) is 20.2. The third kappa shape index (κ3) is 5.57. The van der Waals surface area contributed by atoms with Gasteiger partial charge in [-0.15, -0.1) is 0 Å². The van der Waals surface area contributed by atoms with E-state index >= 15 is 0 Å². The van der Waals surface area contributed by atoms with E-state index < -0.39 is 18.3 Å². The highest BCUT2D eigenvalue weighted by molar-refractivity contribution is 6.63. The molecule has 6 aromatic carbocycles. The molecule has 0 aromatic heterocycles. The molecule has 0 spiro atoms. The maximum atomic E-state index is 7.02. The minimum Gasteiger partial charge on any atom is -0.399 e. The number of hydrogen-bond donors (Lipinski definition) is 0. The van der Waals surface area contributed by atoms with Crippen LogP contribution in [0.1, 0.15) is 106 Å². The van der Waals surface area contributed by atoms with Crippen molar-refractivity contribution >= 4 is 57.5 Å². The van der Waals surface area contributed by atoms with Gasteiger partial charge in [0.05, 0.1) is 22.4 Å². The van der Waals surface area contributed by atoms with E-state index in [4.69, 9.17) is 18.6 Å². The van der Waals surface area contributed by atoms with Gasteiger partial charge in [0, 0.05) is 5.41 Å². The zero-order chi connectivity index (χ0) is 38.9. The SMILES string of the molecule is CC(C)(CCC1(C)OB(c2ccc3c4ccccc4c4ccccc4c3c2)OC1(C)C)c1ccc2c(c1)C(C)(C)c1cc(B3OC(C)(C)C(C)(C)O3)ccc1-2. The molecule has 280 valence electrons. The fourth-order valence-electron chi connectivity index (χ4n) is 9.36. The zero-order valence-corrected chi connectivity index (χ0v) is 34.5. The topological polar surface area (TPSA) is 36.9 Å². The molecule has 6 heteroatoms. The van der Waals surface area contributed by atoms with Gasteiger partial charge in [-0.05, 0) is 138 Å². The van der Waals surface area contributed by atoms with Crippen molar-refractivity contribution in [2.75, 3.05) is 0 Å². The van der Waals surface area contributed by atoms with Crippen LogP contribution in [0.3, 0.4) is 0 Å². The second-order valence-corrected chi connectivity index (χ2v) is 19.4. The molecule has 1 atom stereocenters. The van der Waals surface area contributed by atoms with Gasteiger partial charge in [0.25, 0.3) is 0 Å². The number of hydrogen-bond acceptors (Lipinski definition) is 4. The van der Waals surface area contributed by atoms with Crippen LogP contribution in [0.25, 0.3) is 43.4 Å². The molecule has 9 rings (SSSR count). The van der Waals surface area contributed by atoms with Crippen LogP contribution in [0.5, 0.6) is 0 Å². The van der Waals surface area contributed by atoms with Crippen LogP contribution in [-0.2, 0) is 29.4 Å². The van der Waals surface area contributed by atoms with Crippen LogP contribution in [0.15, 0.2) is 103 Å². The Kier molecular flexibility index (Phi) is 8.03. The van der Waals surface area contributed by atoms with E-state index in [0.717, 1.165) is 23.8 Å². The molecular formula is C49H54B2O4. The molecule has 2 aliphatic heterocycles. The Bertz CT molecular complexity index is 2480. The molecule has 0 radical (unpaired) electrons. The van der Waals surface area contributed by atoms with E-state index in [2.05, 4.69) is 179 Å². The number of rotatable bonds is 6. The molecule has 0 bridgehead atoms. The van der Waals surface area contributed by atoms with E-state index in [1.807, 2.05) is 0 Å². The molecule has 0 saturated carbocycles. The fraction of sp³-hybridized carbons (Fsp3) is 0.388. The fourth-order valence-corrected chi connectivity index (χ4v) is 9.36. The van der Waals surface area contributed by atoms with Crippen LogP contribution in [0.4, 0.5) is 0 Å².